The van der Waals surface area contributed by atoms with Gasteiger partial charge in [0.25, 0.3) is 11.5 Å². The normalized spacial score (nSPS) is 22.3. The van der Waals surface area contributed by atoms with E-state index in [9.17, 15) is 9.59 Å². The molecule has 0 bridgehead atoms. The van der Waals surface area contributed by atoms with E-state index in [-0.39, 0.29) is 11.5 Å². The molecule has 1 saturated carbocycles. The number of carbonyl (C=O) groups is 1. The number of nitrogens with zero attached hydrogens (tertiary/aromatic N) is 3. The highest BCUT2D eigenvalue weighted by Gasteiger charge is 2.55. The van der Waals surface area contributed by atoms with Crippen molar-refractivity contribution in [3.8, 4) is 0 Å². The Kier molecular flexibility index (Phi) is 4.94. The fourth-order valence-corrected chi connectivity index (χ4v) is 4.67. The second-order valence-corrected chi connectivity index (χ2v) is 8.46. The maximum atomic E-state index is 12.1. The number of anilines is 1. The quantitative estimate of drug-likeness (QED) is 0.564. The smallest absolute Gasteiger partial charge is 0.269 e. The van der Waals surface area contributed by atoms with Gasteiger partial charge in [-0.05, 0) is 48.1 Å². The number of carbonyl (C=O) groups excluding carboxylic acids is 1. The number of H-pyrrole nitrogens is 1. The van der Waals surface area contributed by atoms with Gasteiger partial charge in [0.1, 0.15) is 5.69 Å². The SMILES string of the molecule is CCc1cc2ncc(CN3CC4C(C3)C4Nc3ccc(C(=O)NC)nc3)cc2[nH]c1=O. The zero-order valence-electron chi connectivity index (χ0n) is 17.7. The molecule has 1 aliphatic carbocycles. The highest BCUT2D eigenvalue weighted by Crippen LogP contribution is 2.47. The highest BCUT2D eigenvalue weighted by atomic mass is 16.1. The summed E-state index contributed by atoms with van der Waals surface area (Å²) in [5, 5.41) is 6.13. The van der Waals surface area contributed by atoms with Crippen LogP contribution < -0.4 is 16.2 Å². The van der Waals surface area contributed by atoms with Gasteiger partial charge >= 0.3 is 0 Å². The number of hydrogen-bond donors (Lipinski definition) is 3. The number of pyridine rings is 3. The Morgan fingerprint density at radius 3 is 2.68 bits per heavy atom. The molecule has 2 fully saturated rings. The molecule has 2 atom stereocenters. The first-order valence-electron chi connectivity index (χ1n) is 10.7. The molecule has 4 heterocycles. The average molecular weight is 419 g/mol. The lowest BCUT2D eigenvalue weighted by molar-refractivity contribution is 0.0958. The molecule has 160 valence electrons. The summed E-state index contributed by atoms with van der Waals surface area (Å²) in [7, 11) is 1.60. The molecule has 3 N–H and O–H groups in total. The molecule has 2 aliphatic rings. The molecule has 31 heavy (non-hydrogen) atoms. The topological polar surface area (TPSA) is 103 Å². The Morgan fingerprint density at radius 1 is 1.19 bits per heavy atom. The first-order chi connectivity index (χ1) is 15.1. The summed E-state index contributed by atoms with van der Waals surface area (Å²) < 4.78 is 0. The molecule has 0 radical (unpaired) electrons. The number of piperidine rings is 1. The largest absolute Gasteiger partial charge is 0.380 e. The Hall–Kier alpha value is -3.26. The van der Waals surface area contributed by atoms with Crippen LogP contribution >= 0.6 is 0 Å². The van der Waals surface area contributed by atoms with E-state index in [0.29, 0.717) is 30.0 Å². The Bertz CT molecular complexity index is 1180. The van der Waals surface area contributed by atoms with Gasteiger partial charge < -0.3 is 15.6 Å². The van der Waals surface area contributed by atoms with E-state index in [2.05, 4.69) is 30.5 Å². The van der Waals surface area contributed by atoms with Crippen molar-refractivity contribution in [3.63, 3.8) is 0 Å². The molecule has 3 aromatic heterocycles. The summed E-state index contributed by atoms with van der Waals surface area (Å²) in [5.41, 5.74) is 4.88. The minimum Gasteiger partial charge on any atom is -0.380 e. The zero-order valence-corrected chi connectivity index (χ0v) is 17.7. The van der Waals surface area contributed by atoms with Crippen LogP contribution in [0.1, 0.15) is 28.5 Å². The van der Waals surface area contributed by atoms with Crippen molar-refractivity contribution in [2.24, 2.45) is 11.8 Å². The van der Waals surface area contributed by atoms with E-state index >= 15 is 0 Å². The molecular weight excluding hydrogens is 392 g/mol. The monoisotopic (exact) mass is 418 g/mol. The second kappa shape index (κ2) is 7.77. The van der Waals surface area contributed by atoms with Crippen LogP contribution in [-0.2, 0) is 13.0 Å². The van der Waals surface area contributed by atoms with E-state index < -0.39 is 0 Å². The van der Waals surface area contributed by atoms with Gasteiger partial charge in [0.15, 0.2) is 0 Å². The van der Waals surface area contributed by atoms with E-state index in [1.165, 1.54) is 0 Å². The number of amides is 1. The van der Waals surface area contributed by atoms with Crippen LogP contribution in [0.25, 0.3) is 11.0 Å². The van der Waals surface area contributed by atoms with Gasteiger partial charge in [0.2, 0.25) is 0 Å². The molecule has 1 aliphatic heterocycles. The Labute approximate surface area is 180 Å². The van der Waals surface area contributed by atoms with E-state index in [4.69, 9.17) is 0 Å². The maximum Gasteiger partial charge on any atom is 0.269 e. The lowest BCUT2D eigenvalue weighted by Crippen LogP contribution is -2.27. The number of aryl methyl sites for hydroxylation is 1. The van der Waals surface area contributed by atoms with Crippen molar-refractivity contribution in [2.75, 3.05) is 25.5 Å². The van der Waals surface area contributed by atoms with Crippen molar-refractivity contribution in [1.29, 1.82) is 0 Å². The van der Waals surface area contributed by atoms with Crippen molar-refractivity contribution in [2.45, 2.75) is 25.9 Å². The van der Waals surface area contributed by atoms with Crippen LogP contribution in [0.4, 0.5) is 5.69 Å². The first kappa shape index (κ1) is 19.7. The van der Waals surface area contributed by atoms with Crippen LogP contribution in [-0.4, -0.2) is 51.9 Å². The zero-order chi connectivity index (χ0) is 21.5. The standard InChI is InChI=1S/C23H26N6O2/c1-3-14-7-19-20(28-22(14)30)6-13(8-25-19)10-29-11-16-17(12-29)21(16)27-15-4-5-18(26-9-15)23(31)24-2/h4-9,16-17,21,27H,3,10-12H2,1-2H3,(H,24,31)(H,28,30). The van der Waals surface area contributed by atoms with Gasteiger partial charge in [-0.25, -0.2) is 4.98 Å². The molecule has 5 rings (SSSR count). The summed E-state index contributed by atoms with van der Waals surface area (Å²) in [6.45, 7) is 4.88. The van der Waals surface area contributed by atoms with E-state index in [1.807, 2.05) is 31.3 Å². The number of aromatic amines is 1. The molecule has 3 aromatic rings. The number of nitrogens with one attached hydrogen (secondary N) is 3. The molecule has 1 amide bonds. The third-order valence-electron chi connectivity index (χ3n) is 6.44. The van der Waals surface area contributed by atoms with Gasteiger partial charge in [-0.1, -0.05) is 6.92 Å². The molecular formula is C23H26N6O2. The fraction of sp³-hybridized carbons (Fsp3) is 0.391. The predicted octanol–water partition coefficient (Wildman–Crippen LogP) is 1.78. The van der Waals surface area contributed by atoms with Gasteiger partial charge in [-0.2, -0.15) is 0 Å². The minimum atomic E-state index is -0.177. The number of aromatic nitrogens is 3. The van der Waals surface area contributed by atoms with Crippen molar-refractivity contribution in [1.82, 2.24) is 25.2 Å². The van der Waals surface area contributed by atoms with Crippen molar-refractivity contribution < 1.29 is 4.79 Å². The molecule has 0 spiro atoms. The number of rotatable bonds is 6. The molecule has 8 nitrogen and oxygen atoms in total. The lowest BCUT2D eigenvalue weighted by atomic mass is 10.1. The average Bonchev–Trinajstić information content (AvgIpc) is 3.22. The van der Waals surface area contributed by atoms with Gasteiger partial charge in [-0.3, -0.25) is 19.5 Å². The minimum absolute atomic E-state index is 0.0249. The van der Waals surface area contributed by atoms with E-state index in [1.54, 1.807) is 19.3 Å². The van der Waals surface area contributed by atoms with Gasteiger partial charge in [0, 0.05) is 44.5 Å². The molecule has 2 unspecified atom stereocenters. The summed E-state index contributed by atoms with van der Waals surface area (Å²) in [4.78, 5) is 37.9. The molecule has 0 aromatic carbocycles. The molecule has 8 heteroatoms. The summed E-state index contributed by atoms with van der Waals surface area (Å²) in [6.07, 6.45) is 4.34. The van der Waals surface area contributed by atoms with Crippen LogP contribution in [0.3, 0.4) is 0 Å². The van der Waals surface area contributed by atoms with Crippen LogP contribution in [0, 0.1) is 11.8 Å². The Balaban J connectivity index is 1.18. The highest BCUT2D eigenvalue weighted by molar-refractivity contribution is 5.92. The predicted molar refractivity (Wildman–Crippen MR) is 119 cm³/mol. The maximum absolute atomic E-state index is 12.1. The lowest BCUT2D eigenvalue weighted by Gasteiger charge is -2.20. The first-order valence-corrected chi connectivity index (χ1v) is 10.7. The summed E-state index contributed by atoms with van der Waals surface area (Å²) in [6, 6.07) is 8.04. The number of hydrogen-bond acceptors (Lipinski definition) is 6. The van der Waals surface area contributed by atoms with Crippen LogP contribution in [0.5, 0.6) is 0 Å². The van der Waals surface area contributed by atoms with Gasteiger partial charge in [-0.15, -0.1) is 0 Å². The number of likely N-dealkylation sites (tertiary alicyclic amines) is 1. The summed E-state index contributed by atoms with van der Waals surface area (Å²) in [5.74, 6) is 1.07. The van der Waals surface area contributed by atoms with Crippen molar-refractivity contribution in [3.05, 3.63) is 63.8 Å². The third-order valence-corrected chi connectivity index (χ3v) is 6.44. The number of fused-ring (bicyclic) bond motifs is 2. The molecule has 1 saturated heterocycles. The Morgan fingerprint density at radius 2 is 2.00 bits per heavy atom. The summed E-state index contributed by atoms with van der Waals surface area (Å²) >= 11 is 0. The third kappa shape index (κ3) is 3.79. The van der Waals surface area contributed by atoms with Crippen molar-refractivity contribution >= 4 is 22.6 Å². The van der Waals surface area contributed by atoms with Crippen LogP contribution in [0.2, 0.25) is 0 Å². The second-order valence-electron chi connectivity index (χ2n) is 8.46. The van der Waals surface area contributed by atoms with Gasteiger partial charge in [0.05, 0.1) is 22.9 Å². The fourth-order valence-electron chi connectivity index (χ4n) is 4.67. The van der Waals surface area contributed by atoms with E-state index in [0.717, 1.165) is 47.5 Å². The van der Waals surface area contributed by atoms with Crippen LogP contribution in [0.15, 0.2) is 41.5 Å².